The van der Waals surface area contributed by atoms with Crippen LogP contribution < -0.4 is 5.43 Å². The molecule has 0 atom stereocenters. The Labute approximate surface area is 146 Å². The number of carbonyl (C=O) groups excluding carboxylic acids is 1. The quantitative estimate of drug-likeness (QED) is 0.790. The number of nitrogens with zero attached hydrogens (tertiary/aromatic N) is 4. The Morgan fingerprint density at radius 2 is 1.76 bits per heavy atom. The topological polar surface area (TPSA) is 52.9 Å². The Bertz CT molecular complexity index is 819. The van der Waals surface area contributed by atoms with Crippen LogP contribution in [0.4, 0.5) is 0 Å². The van der Waals surface area contributed by atoms with E-state index in [9.17, 15) is 4.79 Å². The van der Waals surface area contributed by atoms with Gasteiger partial charge in [0.15, 0.2) is 0 Å². The van der Waals surface area contributed by atoms with Gasteiger partial charge in [0.05, 0.1) is 5.69 Å². The van der Waals surface area contributed by atoms with Gasteiger partial charge in [-0.05, 0) is 24.3 Å². The lowest BCUT2D eigenvalue weighted by Crippen LogP contribution is -2.53. The van der Waals surface area contributed by atoms with Gasteiger partial charge in [0.2, 0.25) is 0 Å². The van der Waals surface area contributed by atoms with Crippen LogP contribution in [-0.4, -0.2) is 51.4 Å². The predicted molar refractivity (Wildman–Crippen MR) is 96.0 cm³/mol. The van der Waals surface area contributed by atoms with Gasteiger partial charge >= 0.3 is 0 Å². The van der Waals surface area contributed by atoms with Gasteiger partial charge in [-0.25, -0.2) is 9.99 Å². The van der Waals surface area contributed by atoms with Crippen molar-refractivity contribution < 1.29 is 4.79 Å². The summed E-state index contributed by atoms with van der Waals surface area (Å²) in [6.45, 7) is 4.27. The first-order chi connectivity index (χ1) is 12.3. The van der Waals surface area contributed by atoms with Gasteiger partial charge in [-0.15, -0.1) is 0 Å². The molecule has 4 rings (SSSR count). The lowest BCUT2D eigenvalue weighted by atomic mass is 10.2. The Morgan fingerprint density at radius 3 is 2.52 bits per heavy atom. The zero-order chi connectivity index (χ0) is 17.1. The van der Waals surface area contributed by atoms with E-state index in [0.717, 1.165) is 44.1 Å². The fourth-order valence-electron chi connectivity index (χ4n) is 3.11. The van der Waals surface area contributed by atoms with E-state index in [0.29, 0.717) is 5.56 Å². The number of hydrogen-bond donors (Lipinski definition) is 1. The smallest absolute Gasteiger partial charge is 0.265 e. The molecule has 2 aromatic heterocycles. The fourth-order valence-corrected chi connectivity index (χ4v) is 3.11. The van der Waals surface area contributed by atoms with Gasteiger partial charge in [0.25, 0.3) is 5.91 Å². The molecule has 0 radical (unpaired) electrons. The summed E-state index contributed by atoms with van der Waals surface area (Å²) in [7, 11) is 0. The molecule has 128 valence electrons. The van der Waals surface area contributed by atoms with Crippen LogP contribution >= 0.6 is 0 Å². The second-order valence-electron chi connectivity index (χ2n) is 6.27. The molecule has 25 heavy (non-hydrogen) atoms. The highest BCUT2D eigenvalue weighted by Crippen LogP contribution is 2.09. The van der Waals surface area contributed by atoms with Crippen molar-refractivity contribution in [3.8, 4) is 0 Å². The minimum absolute atomic E-state index is 0.0469. The van der Waals surface area contributed by atoms with E-state index in [1.54, 1.807) is 0 Å². The van der Waals surface area contributed by atoms with Crippen LogP contribution in [0.5, 0.6) is 0 Å². The first kappa shape index (κ1) is 15.8. The van der Waals surface area contributed by atoms with Crippen LogP contribution in [0.3, 0.4) is 0 Å². The molecule has 1 fully saturated rings. The standard InChI is InChI=1S/C19H21N5O/c25-19(16-6-2-1-3-7-16)21-24-12-10-22(11-13-24)14-17-15-23-9-5-4-8-18(23)20-17/h1-9,15H,10-14H2,(H,21,25). The molecular weight excluding hydrogens is 314 g/mol. The Hall–Kier alpha value is -2.70. The van der Waals surface area contributed by atoms with E-state index in [-0.39, 0.29) is 5.91 Å². The number of hydrogen-bond acceptors (Lipinski definition) is 4. The summed E-state index contributed by atoms with van der Waals surface area (Å²) < 4.78 is 2.05. The summed E-state index contributed by atoms with van der Waals surface area (Å²) in [4.78, 5) is 19.2. The minimum Gasteiger partial charge on any atom is -0.307 e. The van der Waals surface area contributed by atoms with E-state index in [2.05, 4.69) is 21.5 Å². The number of rotatable bonds is 4. The Morgan fingerprint density at radius 1 is 1.00 bits per heavy atom. The number of amides is 1. The molecular formula is C19H21N5O. The summed E-state index contributed by atoms with van der Waals surface area (Å²) in [5.41, 5.74) is 5.73. The second-order valence-corrected chi connectivity index (χ2v) is 6.27. The zero-order valence-electron chi connectivity index (χ0n) is 14.0. The number of nitrogens with one attached hydrogen (secondary N) is 1. The fraction of sp³-hybridized carbons (Fsp3) is 0.263. The number of piperazine rings is 1. The molecule has 0 aliphatic carbocycles. The first-order valence-corrected chi connectivity index (χ1v) is 8.54. The normalized spacial score (nSPS) is 16.2. The van der Waals surface area contributed by atoms with Crippen molar-refractivity contribution in [3.05, 3.63) is 72.2 Å². The lowest BCUT2D eigenvalue weighted by Gasteiger charge is -2.34. The second kappa shape index (κ2) is 7.04. The van der Waals surface area contributed by atoms with Crippen molar-refractivity contribution in [3.63, 3.8) is 0 Å². The third kappa shape index (κ3) is 3.70. The van der Waals surface area contributed by atoms with Gasteiger partial charge in [-0.2, -0.15) is 0 Å². The van der Waals surface area contributed by atoms with E-state index in [1.165, 1.54) is 0 Å². The van der Waals surface area contributed by atoms with Crippen molar-refractivity contribution in [1.82, 2.24) is 24.7 Å². The van der Waals surface area contributed by atoms with Crippen molar-refractivity contribution in [2.45, 2.75) is 6.54 Å². The van der Waals surface area contributed by atoms with E-state index in [1.807, 2.05) is 64.1 Å². The third-order valence-corrected chi connectivity index (χ3v) is 4.47. The van der Waals surface area contributed by atoms with Crippen LogP contribution in [0.15, 0.2) is 60.9 Å². The molecule has 1 N–H and O–H groups in total. The molecule has 0 spiro atoms. The van der Waals surface area contributed by atoms with Crippen LogP contribution in [0.1, 0.15) is 16.1 Å². The van der Waals surface area contributed by atoms with Crippen molar-refractivity contribution >= 4 is 11.6 Å². The summed E-state index contributed by atoms with van der Waals surface area (Å²) in [6.07, 6.45) is 4.10. The number of carbonyl (C=O) groups is 1. The zero-order valence-corrected chi connectivity index (χ0v) is 14.0. The number of benzene rings is 1. The summed E-state index contributed by atoms with van der Waals surface area (Å²) in [5.74, 6) is -0.0469. The van der Waals surface area contributed by atoms with Gasteiger partial charge < -0.3 is 4.40 Å². The van der Waals surface area contributed by atoms with Gasteiger partial charge in [0.1, 0.15) is 5.65 Å². The maximum atomic E-state index is 12.2. The molecule has 0 unspecified atom stereocenters. The van der Waals surface area contributed by atoms with Crippen molar-refractivity contribution in [1.29, 1.82) is 0 Å². The average molecular weight is 335 g/mol. The molecule has 0 bridgehead atoms. The third-order valence-electron chi connectivity index (χ3n) is 4.47. The summed E-state index contributed by atoms with van der Waals surface area (Å²) >= 11 is 0. The number of fused-ring (bicyclic) bond motifs is 1. The molecule has 1 aliphatic rings. The number of imidazole rings is 1. The van der Waals surface area contributed by atoms with Crippen LogP contribution in [0, 0.1) is 0 Å². The molecule has 0 saturated carbocycles. The van der Waals surface area contributed by atoms with Crippen molar-refractivity contribution in [2.24, 2.45) is 0 Å². The maximum Gasteiger partial charge on any atom is 0.265 e. The average Bonchev–Trinajstić information content (AvgIpc) is 3.06. The van der Waals surface area contributed by atoms with Crippen LogP contribution in [-0.2, 0) is 6.54 Å². The van der Waals surface area contributed by atoms with Crippen LogP contribution in [0.2, 0.25) is 0 Å². The van der Waals surface area contributed by atoms with Crippen LogP contribution in [0.25, 0.3) is 5.65 Å². The molecule has 1 aromatic carbocycles. The van der Waals surface area contributed by atoms with Gasteiger partial charge in [-0.1, -0.05) is 24.3 Å². The molecule has 1 aliphatic heterocycles. The first-order valence-electron chi connectivity index (χ1n) is 8.54. The Kier molecular flexibility index (Phi) is 4.45. The van der Waals surface area contributed by atoms with Crippen molar-refractivity contribution in [2.75, 3.05) is 26.2 Å². The lowest BCUT2D eigenvalue weighted by molar-refractivity contribution is 0.0602. The highest BCUT2D eigenvalue weighted by molar-refractivity contribution is 5.93. The number of hydrazine groups is 1. The SMILES string of the molecule is O=C(NN1CCN(Cc2cn3ccccc3n2)CC1)c1ccccc1. The van der Waals surface area contributed by atoms with E-state index in [4.69, 9.17) is 0 Å². The molecule has 3 heterocycles. The highest BCUT2D eigenvalue weighted by atomic mass is 16.2. The minimum atomic E-state index is -0.0469. The highest BCUT2D eigenvalue weighted by Gasteiger charge is 2.19. The largest absolute Gasteiger partial charge is 0.307 e. The predicted octanol–water partition coefficient (Wildman–Crippen LogP) is 1.80. The maximum absolute atomic E-state index is 12.2. The Balaban J connectivity index is 1.30. The molecule has 1 amide bonds. The number of pyridine rings is 1. The summed E-state index contributed by atoms with van der Waals surface area (Å²) in [5, 5.41) is 2.00. The van der Waals surface area contributed by atoms with E-state index < -0.39 is 0 Å². The molecule has 6 nitrogen and oxygen atoms in total. The molecule has 1 saturated heterocycles. The van der Waals surface area contributed by atoms with E-state index >= 15 is 0 Å². The number of aromatic nitrogens is 2. The summed E-state index contributed by atoms with van der Waals surface area (Å²) in [6, 6.07) is 15.3. The monoisotopic (exact) mass is 335 g/mol. The van der Waals surface area contributed by atoms with Gasteiger partial charge in [-0.3, -0.25) is 15.1 Å². The molecule has 3 aromatic rings. The molecule has 6 heteroatoms. The van der Waals surface area contributed by atoms with Gasteiger partial charge in [0, 0.05) is 50.7 Å².